The SMILES string of the molecule is CCCn1ncc(Cl)c1C(N)c1cccc(OC(F)F)c1. The first-order valence-electron chi connectivity index (χ1n) is 6.54. The number of aryl methyl sites for hydroxylation is 1. The van der Waals surface area contributed by atoms with Crippen molar-refractivity contribution in [1.82, 2.24) is 9.78 Å². The fourth-order valence-electron chi connectivity index (χ4n) is 2.11. The van der Waals surface area contributed by atoms with Gasteiger partial charge in [0.05, 0.1) is 23.0 Å². The van der Waals surface area contributed by atoms with Crippen molar-refractivity contribution in [1.29, 1.82) is 0 Å². The van der Waals surface area contributed by atoms with Gasteiger partial charge in [-0.15, -0.1) is 0 Å². The van der Waals surface area contributed by atoms with Crippen LogP contribution in [0.3, 0.4) is 0 Å². The molecule has 1 aromatic carbocycles. The average Bonchev–Trinajstić information content (AvgIpc) is 2.79. The van der Waals surface area contributed by atoms with E-state index in [0.29, 0.717) is 22.8 Å². The first-order chi connectivity index (χ1) is 10.0. The Hall–Kier alpha value is -1.66. The van der Waals surface area contributed by atoms with Crippen LogP contribution >= 0.6 is 11.6 Å². The van der Waals surface area contributed by atoms with E-state index in [9.17, 15) is 8.78 Å². The zero-order valence-electron chi connectivity index (χ0n) is 11.5. The maximum Gasteiger partial charge on any atom is 0.387 e. The maximum absolute atomic E-state index is 12.3. The van der Waals surface area contributed by atoms with Gasteiger partial charge in [-0.05, 0) is 24.1 Å². The number of hydrogen-bond donors (Lipinski definition) is 1. The Balaban J connectivity index is 2.31. The molecule has 2 N–H and O–H groups in total. The maximum atomic E-state index is 12.3. The van der Waals surface area contributed by atoms with Gasteiger partial charge in [0.1, 0.15) is 5.75 Å². The molecule has 0 spiro atoms. The van der Waals surface area contributed by atoms with Gasteiger partial charge in [0, 0.05) is 6.54 Å². The van der Waals surface area contributed by atoms with Crippen molar-refractivity contribution in [3.8, 4) is 5.75 Å². The Morgan fingerprint density at radius 1 is 1.43 bits per heavy atom. The van der Waals surface area contributed by atoms with Gasteiger partial charge in [0.2, 0.25) is 0 Å². The molecule has 1 aromatic heterocycles. The summed E-state index contributed by atoms with van der Waals surface area (Å²) >= 11 is 6.13. The lowest BCUT2D eigenvalue weighted by Gasteiger charge is -2.16. The van der Waals surface area contributed by atoms with Crippen LogP contribution in [0.5, 0.6) is 5.75 Å². The molecule has 4 nitrogen and oxygen atoms in total. The highest BCUT2D eigenvalue weighted by Crippen LogP contribution is 2.28. The van der Waals surface area contributed by atoms with E-state index >= 15 is 0 Å². The predicted molar refractivity (Wildman–Crippen MR) is 76.6 cm³/mol. The van der Waals surface area contributed by atoms with E-state index in [2.05, 4.69) is 9.84 Å². The van der Waals surface area contributed by atoms with Crippen LogP contribution in [-0.4, -0.2) is 16.4 Å². The molecule has 1 unspecified atom stereocenters. The Morgan fingerprint density at radius 3 is 2.86 bits per heavy atom. The van der Waals surface area contributed by atoms with Crippen LogP contribution in [-0.2, 0) is 6.54 Å². The van der Waals surface area contributed by atoms with Gasteiger partial charge in [-0.2, -0.15) is 13.9 Å². The zero-order valence-corrected chi connectivity index (χ0v) is 12.2. The summed E-state index contributed by atoms with van der Waals surface area (Å²) in [5.74, 6) is 0.0654. The molecular weight excluding hydrogens is 300 g/mol. The smallest absolute Gasteiger partial charge is 0.387 e. The summed E-state index contributed by atoms with van der Waals surface area (Å²) in [6, 6.07) is 5.72. The number of nitrogens with two attached hydrogens (primary N) is 1. The third-order valence-corrected chi connectivity index (χ3v) is 3.30. The summed E-state index contributed by atoms with van der Waals surface area (Å²) in [6.45, 7) is -0.170. The normalized spacial score (nSPS) is 12.7. The third-order valence-electron chi connectivity index (χ3n) is 3.01. The molecule has 0 saturated heterocycles. The lowest BCUT2D eigenvalue weighted by atomic mass is 10.0. The molecule has 0 bridgehead atoms. The highest BCUT2D eigenvalue weighted by Gasteiger charge is 2.19. The molecule has 2 aromatic rings. The molecular formula is C14H16ClF2N3O. The van der Waals surface area contributed by atoms with Gasteiger partial charge in [-0.3, -0.25) is 4.68 Å². The highest BCUT2D eigenvalue weighted by atomic mass is 35.5. The van der Waals surface area contributed by atoms with Crippen LogP contribution in [0.25, 0.3) is 0 Å². The number of aromatic nitrogens is 2. The summed E-state index contributed by atoms with van der Waals surface area (Å²) in [7, 11) is 0. The van der Waals surface area contributed by atoms with Crippen LogP contribution in [0.15, 0.2) is 30.5 Å². The lowest BCUT2D eigenvalue weighted by molar-refractivity contribution is -0.0498. The summed E-state index contributed by atoms with van der Waals surface area (Å²) in [4.78, 5) is 0. The van der Waals surface area contributed by atoms with Gasteiger partial charge in [0.15, 0.2) is 0 Å². The van der Waals surface area contributed by atoms with E-state index in [1.165, 1.54) is 18.3 Å². The van der Waals surface area contributed by atoms with E-state index in [0.717, 1.165) is 6.42 Å². The lowest BCUT2D eigenvalue weighted by Crippen LogP contribution is -2.18. The highest BCUT2D eigenvalue weighted by molar-refractivity contribution is 6.31. The molecule has 0 aliphatic carbocycles. The topological polar surface area (TPSA) is 53.1 Å². The Morgan fingerprint density at radius 2 is 2.19 bits per heavy atom. The monoisotopic (exact) mass is 315 g/mol. The van der Waals surface area contributed by atoms with E-state index in [-0.39, 0.29) is 5.75 Å². The Kier molecular flexibility index (Phi) is 5.14. The molecule has 0 radical (unpaired) electrons. The average molecular weight is 316 g/mol. The van der Waals surface area contributed by atoms with Gasteiger partial charge >= 0.3 is 6.61 Å². The Bertz CT molecular complexity index is 604. The minimum atomic E-state index is -2.87. The Labute approximate surface area is 126 Å². The molecule has 0 amide bonds. The quantitative estimate of drug-likeness (QED) is 0.886. The summed E-state index contributed by atoms with van der Waals surface area (Å²) in [5, 5.41) is 4.63. The summed E-state index contributed by atoms with van der Waals surface area (Å²) in [6.07, 6.45) is 2.41. The molecule has 21 heavy (non-hydrogen) atoms. The number of alkyl halides is 2. The van der Waals surface area contributed by atoms with Crippen molar-refractivity contribution in [2.75, 3.05) is 0 Å². The molecule has 1 heterocycles. The van der Waals surface area contributed by atoms with Crippen molar-refractivity contribution >= 4 is 11.6 Å². The number of halogens is 3. The number of ether oxygens (including phenoxy) is 1. The van der Waals surface area contributed by atoms with Crippen LogP contribution in [0, 0.1) is 0 Å². The minimum absolute atomic E-state index is 0.0654. The van der Waals surface area contributed by atoms with Gasteiger partial charge in [-0.1, -0.05) is 30.7 Å². The number of rotatable bonds is 6. The van der Waals surface area contributed by atoms with E-state index in [4.69, 9.17) is 17.3 Å². The first-order valence-corrected chi connectivity index (χ1v) is 6.92. The minimum Gasteiger partial charge on any atom is -0.435 e. The number of benzene rings is 1. The van der Waals surface area contributed by atoms with Crippen molar-refractivity contribution in [2.24, 2.45) is 5.73 Å². The van der Waals surface area contributed by atoms with Gasteiger partial charge in [-0.25, -0.2) is 0 Å². The molecule has 0 saturated carbocycles. The fraction of sp³-hybridized carbons (Fsp3) is 0.357. The standard InChI is InChI=1S/C14H16ClF2N3O/c1-2-6-20-13(11(15)8-19-20)12(18)9-4-3-5-10(7-9)21-14(16)17/h3-5,7-8,12,14H,2,6,18H2,1H3. The molecule has 0 fully saturated rings. The summed E-state index contributed by atoms with van der Waals surface area (Å²) in [5.41, 5.74) is 7.50. The van der Waals surface area contributed by atoms with Crippen LogP contribution in [0.2, 0.25) is 5.02 Å². The van der Waals surface area contributed by atoms with Crippen LogP contribution in [0.1, 0.15) is 30.6 Å². The molecule has 0 aliphatic heterocycles. The largest absolute Gasteiger partial charge is 0.435 e. The van der Waals surface area contributed by atoms with Crippen molar-refractivity contribution in [2.45, 2.75) is 32.5 Å². The number of hydrogen-bond acceptors (Lipinski definition) is 3. The summed E-state index contributed by atoms with van der Waals surface area (Å²) < 4.78 is 30.6. The first kappa shape index (κ1) is 15.7. The molecule has 1 atom stereocenters. The molecule has 7 heteroatoms. The molecule has 114 valence electrons. The van der Waals surface area contributed by atoms with E-state index in [1.54, 1.807) is 16.8 Å². The van der Waals surface area contributed by atoms with Crippen LogP contribution in [0.4, 0.5) is 8.78 Å². The van der Waals surface area contributed by atoms with Gasteiger partial charge in [0.25, 0.3) is 0 Å². The predicted octanol–water partition coefficient (Wildman–Crippen LogP) is 3.60. The number of nitrogens with zero attached hydrogens (tertiary/aromatic N) is 2. The fourth-order valence-corrected chi connectivity index (χ4v) is 2.37. The third kappa shape index (κ3) is 3.71. The van der Waals surface area contributed by atoms with E-state index < -0.39 is 12.7 Å². The van der Waals surface area contributed by atoms with Crippen molar-refractivity contribution < 1.29 is 13.5 Å². The van der Waals surface area contributed by atoms with Crippen LogP contribution < -0.4 is 10.5 Å². The molecule has 2 rings (SSSR count). The van der Waals surface area contributed by atoms with Gasteiger partial charge < -0.3 is 10.5 Å². The zero-order chi connectivity index (χ0) is 15.4. The van der Waals surface area contributed by atoms with Crippen molar-refractivity contribution in [3.63, 3.8) is 0 Å². The second-order valence-electron chi connectivity index (χ2n) is 4.53. The second kappa shape index (κ2) is 6.87. The second-order valence-corrected chi connectivity index (χ2v) is 4.94. The van der Waals surface area contributed by atoms with Crippen molar-refractivity contribution in [3.05, 3.63) is 46.7 Å². The van der Waals surface area contributed by atoms with E-state index in [1.807, 2.05) is 6.92 Å². The molecule has 0 aliphatic rings.